The highest BCUT2D eigenvalue weighted by molar-refractivity contribution is 8.01. The Balaban J connectivity index is 1.30. The van der Waals surface area contributed by atoms with Gasteiger partial charge in [-0.3, -0.25) is 14.9 Å². The molecule has 0 aliphatic heterocycles. The number of halogens is 2. The molecule has 0 radical (unpaired) electrons. The van der Waals surface area contributed by atoms with Crippen LogP contribution in [0.15, 0.2) is 55.9 Å². The standard InChI is InChI=1S/C18H11F2N5O4S2/c19-9-3-4-11(10(20)6-9)21-15(26)8-30-18-24-23-17(31-18)22-16(27)12-7-14(29-25-12)13-2-1-5-28-13/h1-7H,8H2,(H,21,26)(H,22,23,27). The lowest BCUT2D eigenvalue weighted by Gasteiger charge is -2.05. The van der Waals surface area contributed by atoms with Gasteiger partial charge in [0.2, 0.25) is 16.8 Å². The molecule has 158 valence electrons. The first-order valence-corrected chi connectivity index (χ1v) is 10.3. The van der Waals surface area contributed by atoms with E-state index in [4.69, 9.17) is 8.94 Å². The molecule has 0 atom stereocenters. The second kappa shape index (κ2) is 9.06. The minimum atomic E-state index is -0.873. The zero-order valence-corrected chi connectivity index (χ0v) is 16.9. The van der Waals surface area contributed by atoms with Crippen molar-refractivity contribution >= 4 is 45.7 Å². The van der Waals surface area contributed by atoms with Gasteiger partial charge in [-0.15, -0.1) is 10.2 Å². The summed E-state index contributed by atoms with van der Waals surface area (Å²) in [6.45, 7) is 0. The summed E-state index contributed by atoms with van der Waals surface area (Å²) in [6.07, 6.45) is 1.47. The summed E-state index contributed by atoms with van der Waals surface area (Å²) >= 11 is 2.08. The van der Waals surface area contributed by atoms with Gasteiger partial charge < -0.3 is 14.3 Å². The first kappa shape index (κ1) is 20.7. The fourth-order valence-corrected chi connectivity index (χ4v) is 3.85. The lowest BCUT2D eigenvalue weighted by molar-refractivity contribution is -0.113. The van der Waals surface area contributed by atoms with Crippen LogP contribution >= 0.6 is 23.1 Å². The van der Waals surface area contributed by atoms with Crippen molar-refractivity contribution in [2.75, 3.05) is 16.4 Å². The van der Waals surface area contributed by atoms with E-state index in [0.717, 1.165) is 35.2 Å². The largest absolute Gasteiger partial charge is 0.461 e. The Labute approximate surface area is 180 Å². The molecule has 0 spiro atoms. The van der Waals surface area contributed by atoms with Gasteiger partial charge in [0.1, 0.15) is 11.6 Å². The summed E-state index contributed by atoms with van der Waals surface area (Å²) in [5.74, 6) is -2.04. The molecule has 0 saturated heterocycles. The fraction of sp³-hybridized carbons (Fsp3) is 0.0556. The SMILES string of the molecule is O=C(CSc1nnc(NC(=O)c2cc(-c3ccco3)on2)s1)Nc1ccc(F)cc1F. The number of carbonyl (C=O) groups is 2. The van der Waals surface area contributed by atoms with Crippen LogP contribution in [0.3, 0.4) is 0 Å². The molecule has 2 N–H and O–H groups in total. The van der Waals surface area contributed by atoms with Crippen molar-refractivity contribution in [3.8, 4) is 11.5 Å². The van der Waals surface area contributed by atoms with Crippen molar-refractivity contribution in [3.05, 3.63) is 60.0 Å². The third-order valence-corrected chi connectivity index (χ3v) is 5.64. The normalized spacial score (nSPS) is 10.8. The number of nitrogens with zero attached hydrogens (tertiary/aromatic N) is 3. The smallest absolute Gasteiger partial charge is 0.279 e. The number of rotatable bonds is 7. The maximum atomic E-state index is 13.6. The highest BCUT2D eigenvalue weighted by atomic mass is 32.2. The Hall–Kier alpha value is -3.58. The Morgan fingerprint density at radius 2 is 1.97 bits per heavy atom. The van der Waals surface area contributed by atoms with Gasteiger partial charge in [-0.2, -0.15) is 0 Å². The first-order valence-electron chi connectivity index (χ1n) is 8.51. The molecule has 0 unspecified atom stereocenters. The van der Waals surface area contributed by atoms with Crippen LogP contribution in [0.2, 0.25) is 0 Å². The van der Waals surface area contributed by atoms with Crippen molar-refractivity contribution < 1.29 is 27.3 Å². The van der Waals surface area contributed by atoms with Crippen LogP contribution in [0.5, 0.6) is 0 Å². The molecule has 3 heterocycles. The topological polar surface area (TPSA) is 123 Å². The molecule has 0 saturated carbocycles. The lowest BCUT2D eigenvalue weighted by Crippen LogP contribution is -2.15. The molecule has 1 aromatic carbocycles. The molecule has 2 amide bonds. The van der Waals surface area contributed by atoms with Gasteiger partial charge >= 0.3 is 0 Å². The second-order valence-corrected chi connectivity index (χ2v) is 8.04. The van der Waals surface area contributed by atoms with Gasteiger partial charge in [-0.05, 0) is 24.3 Å². The number of amides is 2. The molecule has 0 aliphatic carbocycles. The quantitative estimate of drug-likeness (QED) is 0.311. The van der Waals surface area contributed by atoms with Gasteiger partial charge in [0.25, 0.3) is 5.91 Å². The number of furan rings is 1. The summed E-state index contributed by atoms with van der Waals surface area (Å²) in [6, 6.07) is 7.61. The van der Waals surface area contributed by atoms with E-state index in [-0.39, 0.29) is 22.3 Å². The third kappa shape index (κ3) is 5.13. The van der Waals surface area contributed by atoms with E-state index in [2.05, 4.69) is 26.0 Å². The van der Waals surface area contributed by atoms with Crippen LogP contribution in [-0.4, -0.2) is 32.9 Å². The molecule has 4 aromatic rings. The van der Waals surface area contributed by atoms with E-state index in [1.807, 2.05) is 0 Å². The number of hydrogen-bond donors (Lipinski definition) is 2. The van der Waals surface area contributed by atoms with Crippen molar-refractivity contribution in [2.24, 2.45) is 0 Å². The Morgan fingerprint density at radius 1 is 1.10 bits per heavy atom. The zero-order valence-electron chi connectivity index (χ0n) is 15.3. The van der Waals surface area contributed by atoms with Crippen molar-refractivity contribution in [1.82, 2.24) is 15.4 Å². The molecule has 0 aliphatic rings. The van der Waals surface area contributed by atoms with E-state index in [9.17, 15) is 18.4 Å². The Bertz CT molecular complexity index is 1230. The minimum Gasteiger partial charge on any atom is -0.461 e. The zero-order chi connectivity index (χ0) is 21.8. The molecule has 31 heavy (non-hydrogen) atoms. The molecule has 13 heteroatoms. The van der Waals surface area contributed by atoms with Gasteiger partial charge in [-0.1, -0.05) is 28.3 Å². The average molecular weight is 463 g/mol. The number of aromatic nitrogens is 3. The van der Waals surface area contributed by atoms with Gasteiger partial charge in [0.15, 0.2) is 15.8 Å². The monoisotopic (exact) mass is 463 g/mol. The molecule has 0 fully saturated rings. The highest BCUT2D eigenvalue weighted by Gasteiger charge is 2.17. The summed E-state index contributed by atoms with van der Waals surface area (Å²) in [7, 11) is 0. The number of nitrogens with one attached hydrogen (secondary N) is 2. The molecule has 9 nitrogen and oxygen atoms in total. The maximum Gasteiger partial charge on any atom is 0.279 e. The van der Waals surface area contributed by atoms with Gasteiger partial charge in [0, 0.05) is 12.1 Å². The number of hydrogen-bond acceptors (Lipinski definition) is 9. The van der Waals surface area contributed by atoms with Crippen LogP contribution < -0.4 is 10.6 Å². The Kier molecular flexibility index (Phi) is 6.04. The van der Waals surface area contributed by atoms with Crippen LogP contribution in [-0.2, 0) is 4.79 Å². The maximum absolute atomic E-state index is 13.6. The van der Waals surface area contributed by atoms with Crippen LogP contribution in [0.4, 0.5) is 19.6 Å². The summed E-state index contributed by atoms with van der Waals surface area (Å²) < 4.78 is 37.1. The van der Waals surface area contributed by atoms with E-state index in [1.165, 1.54) is 12.3 Å². The lowest BCUT2D eigenvalue weighted by atomic mass is 10.3. The number of thioether (sulfide) groups is 1. The molecular weight excluding hydrogens is 452 g/mol. The molecular formula is C18H11F2N5O4S2. The van der Waals surface area contributed by atoms with Crippen molar-refractivity contribution in [1.29, 1.82) is 0 Å². The van der Waals surface area contributed by atoms with Crippen LogP contribution in [0.1, 0.15) is 10.5 Å². The van der Waals surface area contributed by atoms with Crippen molar-refractivity contribution in [2.45, 2.75) is 4.34 Å². The number of benzene rings is 1. The van der Waals surface area contributed by atoms with E-state index in [1.54, 1.807) is 12.1 Å². The van der Waals surface area contributed by atoms with Crippen LogP contribution in [0, 0.1) is 11.6 Å². The average Bonchev–Trinajstić information content (AvgIpc) is 3.50. The molecule has 3 aromatic heterocycles. The Morgan fingerprint density at radius 3 is 2.74 bits per heavy atom. The fourth-order valence-electron chi connectivity index (χ4n) is 2.30. The van der Waals surface area contributed by atoms with Gasteiger partial charge in [-0.25, -0.2) is 8.78 Å². The van der Waals surface area contributed by atoms with Crippen molar-refractivity contribution in [3.63, 3.8) is 0 Å². The highest BCUT2D eigenvalue weighted by Crippen LogP contribution is 2.27. The molecule has 0 bridgehead atoms. The summed E-state index contributed by atoms with van der Waals surface area (Å²) in [5.41, 5.74) is -0.102. The summed E-state index contributed by atoms with van der Waals surface area (Å²) in [4.78, 5) is 24.2. The first-order chi connectivity index (χ1) is 15.0. The summed E-state index contributed by atoms with van der Waals surface area (Å²) in [5, 5.41) is 16.5. The predicted octanol–water partition coefficient (Wildman–Crippen LogP) is 4.05. The molecule has 4 rings (SSSR count). The third-order valence-electron chi connectivity index (χ3n) is 3.67. The van der Waals surface area contributed by atoms with Crippen LogP contribution in [0.25, 0.3) is 11.5 Å². The van der Waals surface area contributed by atoms with E-state index < -0.39 is 23.4 Å². The second-order valence-electron chi connectivity index (χ2n) is 5.84. The predicted molar refractivity (Wildman–Crippen MR) is 108 cm³/mol. The van der Waals surface area contributed by atoms with E-state index >= 15 is 0 Å². The van der Waals surface area contributed by atoms with Gasteiger partial charge in [0.05, 0.1) is 17.7 Å². The number of carbonyl (C=O) groups excluding carboxylic acids is 2. The minimum absolute atomic E-state index is 0.0245. The van der Waals surface area contributed by atoms with E-state index in [0.29, 0.717) is 21.9 Å². The number of anilines is 2.